The highest BCUT2D eigenvalue weighted by Crippen LogP contribution is 2.24. The first kappa shape index (κ1) is 29.1. The first-order valence-electron chi connectivity index (χ1n) is 13.7. The molecule has 0 bridgehead atoms. The lowest BCUT2D eigenvalue weighted by atomic mass is 10.0. The molecule has 0 atom stereocenters. The summed E-state index contributed by atoms with van der Waals surface area (Å²) in [6.07, 6.45) is 4.33. The molecule has 1 heterocycles. The van der Waals surface area contributed by atoms with Gasteiger partial charge in [-0.2, -0.15) is 0 Å². The van der Waals surface area contributed by atoms with Crippen LogP contribution in [0, 0.1) is 5.41 Å². The highest BCUT2D eigenvalue weighted by Gasteiger charge is 2.16. The van der Waals surface area contributed by atoms with Crippen LogP contribution in [0.15, 0.2) is 83.8 Å². The number of carbonyl (C=O) groups excluding carboxylic acids is 1. The van der Waals surface area contributed by atoms with Crippen LogP contribution in [0.2, 0.25) is 0 Å². The molecule has 0 saturated heterocycles. The van der Waals surface area contributed by atoms with Crippen molar-refractivity contribution < 1.29 is 4.79 Å². The van der Waals surface area contributed by atoms with E-state index in [0.717, 1.165) is 36.0 Å². The van der Waals surface area contributed by atoms with Crippen LogP contribution in [0.3, 0.4) is 0 Å². The standard InChI is InChI=1S/C32H37N7O2/c1-21(2)38-31-32(41)39(20-29(40)36-18-23-11-13-25(14-12-23)30(34)35)28(19-37-31)26-15-24(16-27(33)17-26)10-6-9-22-7-4-3-5-8-22/h3-5,7-8,11-17,19,21H,6,9-10,18,20,33H2,1-2H3,(H3,34,35)(H,36,40)(H,37,38). The monoisotopic (exact) mass is 551 g/mol. The van der Waals surface area contributed by atoms with Crippen LogP contribution in [0.4, 0.5) is 11.5 Å². The molecule has 0 aliphatic rings. The number of nitrogens with one attached hydrogen (secondary N) is 3. The minimum absolute atomic E-state index is 0.00936. The summed E-state index contributed by atoms with van der Waals surface area (Å²) in [5.41, 5.74) is 17.0. The van der Waals surface area contributed by atoms with Crippen LogP contribution in [0.25, 0.3) is 11.3 Å². The Morgan fingerprint density at radius 2 is 1.68 bits per heavy atom. The third-order valence-electron chi connectivity index (χ3n) is 6.62. The normalized spacial score (nSPS) is 10.9. The maximum atomic E-state index is 13.5. The first-order chi connectivity index (χ1) is 19.7. The third kappa shape index (κ3) is 8.04. The number of amides is 1. The van der Waals surface area contributed by atoms with Crippen molar-refractivity contribution in [2.75, 3.05) is 11.1 Å². The molecule has 9 heteroatoms. The number of hydrogen-bond acceptors (Lipinski definition) is 6. The van der Waals surface area contributed by atoms with Gasteiger partial charge in [0.05, 0.1) is 11.9 Å². The van der Waals surface area contributed by atoms with Crippen molar-refractivity contribution >= 4 is 23.2 Å². The maximum Gasteiger partial charge on any atom is 0.294 e. The van der Waals surface area contributed by atoms with Crippen LogP contribution < -0.4 is 27.7 Å². The van der Waals surface area contributed by atoms with Crippen molar-refractivity contribution in [3.8, 4) is 11.3 Å². The molecular formula is C32H37N7O2. The number of hydrogen-bond donors (Lipinski definition) is 5. The van der Waals surface area contributed by atoms with E-state index in [0.29, 0.717) is 16.9 Å². The molecule has 4 aromatic rings. The van der Waals surface area contributed by atoms with Gasteiger partial charge in [0.25, 0.3) is 5.56 Å². The summed E-state index contributed by atoms with van der Waals surface area (Å²) in [5.74, 6) is -0.155. The molecule has 0 aliphatic heterocycles. The molecule has 0 saturated carbocycles. The summed E-state index contributed by atoms with van der Waals surface area (Å²) in [4.78, 5) is 30.9. The number of anilines is 2. The van der Waals surface area contributed by atoms with Crippen LogP contribution in [0.1, 0.15) is 42.5 Å². The minimum atomic E-state index is -0.384. The van der Waals surface area contributed by atoms with E-state index in [1.165, 1.54) is 10.1 Å². The van der Waals surface area contributed by atoms with E-state index in [1.807, 2.05) is 44.2 Å². The largest absolute Gasteiger partial charge is 0.399 e. The van der Waals surface area contributed by atoms with Crippen LogP contribution in [0.5, 0.6) is 0 Å². The Hall–Kier alpha value is -4.92. The van der Waals surface area contributed by atoms with Crippen molar-refractivity contribution in [1.29, 1.82) is 5.41 Å². The average molecular weight is 552 g/mol. The van der Waals surface area contributed by atoms with Gasteiger partial charge in [-0.25, -0.2) is 4.98 Å². The Morgan fingerprint density at radius 1 is 0.976 bits per heavy atom. The van der Waals surface area contributed by atoms with Gasteiger partial charge < -0.3 is 22.1 Å². The van der Waals surface area contributed by atoms with Gasteiger partial charge in [0, 0.05) is 29.4 Å². The van der Waals surface area contributed by atoms with Gasteiger partial charge in [-0.15, -0.1) is 0 Å². The average Bonchev–Trinajstić information content (AvgIpc) is 2.94. The third-order valence-corrected chi connectivity index (χ3v) is 6.62. The zero-order chi connectivity index (χ0) is 29.4. The van der Waals surface area contributed by atoms with Gasteiger partial charge in [-0.3, -0.25) is 19.6 Å². The zero-order valence-corrected chi connectivity index (χ0v) is 23.5. The van der Waals surface area contributed by atoms with Crippen LogP contribution >= 0.6 is 0 Å². The Kier molecular flexibility index (Phi) is 9.52. The molecular weight excluding hydrogens is 514 g/mol. The number of nitrogen functional groups attached to an aromatic ring is 2. The smallest absolute Gasteiger partial charge is 0.294 e. The number of carbonyl (C=O) groups is 1. The van der Waals surface area contributed by atoms with Crippen LogP contribution in [-0.4, -0.2) is 27.3 Å². The molecule has 0 radical (unpaired) electrons. The first-order valence-corrected chi connectivity index (χ1v) is 13.7. The van der Waals surface area contributed by atoms with E-state index in [-0.39, 0.29) is 42.3 Å². The van der Waals surface area contributed by atoms with Gasteiger partial charge in [0.2, 0.25) is 5.91 Å². The lowest BCUT2D eigenvalue weighted by molar-refractivity contribution is -0.121. The lowest BCUT2D eigenvalue weighted by Crippen LogP contribution is -2.35. The number of benzene rings is 3. The minimum Gasteiger partial charge on any atom is -0.399 e. The summed E-state index contributed by atoms with van der Waals surface area (Å²) in [7, 11) is 0. The fraction of sp³-hybridized carbons (Fsp3) is 0.250. The van der Waals surface area contributed by atoms with Crippen molar-refractivity contribution in [2.24, 2.45) is 5.73 Å². The number of aromatic nitrogens is 2. The SMILES string of the molecule is CC(C)Nc1ncc(-c2cc(N)cc(CCCc3ccccc3)c2)n(CC(=O)NCc2ccc(C(=N)N)cc2)c1=O. The quantitative estimate of drug-likeness (QED) is 0.102. The molecule has 1 amide bonds. The van der Waals surface area contributed by atoms with E-state index in [2.05, 4.69) is 27.8 Å². The molecule has 7 N–H and O–H groups in total. The molecule has 0 fully saturated rings. The fourth-order valence-corrected chi connectivity index (χ4v) is 4.60. The molecule has 9 nitrogen and oxygen atoms in total. The summed E-state index contributed by atoms with van der Waals surface area (Å²) in [5, 5.41) is 13.5. The topological polar surface area (TPSA) is 152 Å². The van der Waals surface area contributed by atoms with Gasteiger partial charge >= 0.3 is 0 Å². The fourth-order valence-electron chi connectivity index (χ4n) is 4.60. The Labute approximate surface area is 240 Å². The van der Waals surface area contributed by atoms with Crippen molar-refractivity contribution in [3.05, 3.63) is 112 Å². The molecule has 0 aliphatic carbocycles. The van der Waals surface area contributed by atoms with Crippen molar-refractivity contribution in [1.82, 2.24) is 14.9 Å². The van der Waals surface area contributed by atoms with Gasteiger partial charge in [-0.05, 0) is 68.0 Å². The van der Waals surface area contributed by atoms with E-state index in [1.54, 1.807) is 36.5 Å². The highest BCUT2D eigenvalue weighted by molar-refractivity contribution is 5.94. The molecule has 3 aromatic carbocycles. The number of amidine groups is 1. The zero-order valence-electron chi connectivity index (χ0n) is 23.5. The summed E-state index contributed by atoms with van der Waals surface area (Å²) in [6, 6.07) is 23.2. The summed E-state index contributed by atoms with van der Waals surface area (Å²) < 4.78 is 1.44. The predicted octanol–water partition coefficient (Wildman–Crippen LogP) is 4.09. The maximum absolute atomic E-state index is 13.5. The van der Waals surface area contributed by atoms with Crippen LogP contribution in [-0.2, 0) is 30.7 Å². The van der Waals surface area contributed by atoms with E-state index in [9.17, 15) is 9.59 Å². The predicted molar refractivity (Wildman–Crippen MR) is 165 cm³/mol. The van der Waals surface area contributed by atoms with E-state index >= 15 is 0 Å². The molecule has 4 rings (SSSR count). The summed E-state index contributed by atoms with van der Waals surface area (Å²) >= 11 is 0. The van der Waals surface area contributed by atoms with Gasteiger partial charge in [0.1, 0.15) is 12.4 Å². The Bertz CT molecular complexity index is 1560. The van der Waals surface area contributed by atoms with Crippen molar-refractivity contribution in [2.45, 2.75) is 52.2 Å². The lowest BCUT2D eigenvalue weighted by Gasteiger charge is -2.17. The number of rotatable bonds is 12. The van der Waals surface area contributed by atoms with E-state index in [4.69, 9.17) is 16.9 Å². The second-order valence-corrected chi connectivity index (χ2v) is 10.4. The number of nitrogens with two attached hydrogens (primary N) is 2. The number of nitrogens with zero attached hydrogens (tertiary/aromatic N) is 2. The molecule has 0 unspecified atom stereocenters. The Morgan fingerprint density at radius 3 is 2.37 bits per heavy atom. The second-order valence-electron chi connectivity index (χ2n) is 10.4. The van der Waals surface area contributed by atoms with Gasteiger partial charge in [0.15, 0.2) is 5.82 Å². The molecule has 0 spiro atoms. The molecule has 41 heavy (non-hydrogen) atoms. The molecule has 1 aromatic heterocycles. The van der Waals surface area contributed by atoms with Gasteiger partial charge in [-0.1, -0.05) is 54.6 Å². The second kappa shape index (κ2) is 13.4. The highest BCUT2D eigenvalue weighted by atomic mass is 16.2. The molecule has 212 valence electrons. The Balaban J connectivity index is 1.56. The summed E-state index contributed by atoms with van der Waals surface area (Å²) in [6.45, 7) is 3.92. The van der Waals surface area contributed by atoms with Crippen molar-refractivity contribution in [3.63, 3.8) is 0 Å². The van der Waals surface area contributed by atoms with E-state index < -0.39 is 0 Å². The number of aryl methyl sites for hydroxylation is 2.